The van der Waals surface area contributed by atoms with E-state index in [1.807, 2.05) is 86.7 Å². The van der Waals surface area contributed by atoms with Crippen molar-refractivity contribution in [1.29, 1.82) is 0 Å². The van der Waals surface area contributed by atoms with E-state index < -0.39 is 6.04 Å². The van der Waals surface area contributed by atoms with Gasteiger partial charge in [-0.15, -0.1) is 0 Å². The fourth-order valence-corrected chi connectivity index (χ4v) is 6.94. The molecular weight excluding hydrogens is 584 g/mol. The summed E-state index contributed by atoms with van der Waals surface area (Å²) < 4.78 is 20.0. The lowest BCUT2D eigenvalue weighted by molar-refractivity contribution is -0.114. The highest BCUT2D eigenvalue weighted by Gasteiger charge is 2.33. The fraction of sp³-hybridized carbons (Fsp3) is 0.216. The summed E-state index contributed by atoms with van der Waals surface area (Å²) >= 11 is 1.29. The predicted octanol–water partition coefficient (Wildman–Crippen LogP) is 6.27. The molecule has 0 aliphatic carbocycles. The first kappa shape index (κ1) is 30.1. The Balaban J connectivity index is 1.47. The summed E-state index contributed by atoms with van der Waals surface area (Å²) in [6.07, 6.45) is 1.83. The van der Waals surface area contributed by atoms with Crippen LogP contribution in [-0.2, 0) is 11.4 Å². The second-order valence-corrected chi connectivity index (χ2v) is 12.0. The highest BCUT2D eigenvalue weighted by molar-refractivity contribution is 7.07. The van der Waals surface area contributed by atoms with Crippen LogP contribution < -0.4 is 29.1 Å². The standard InChI is InChI=1S/C37H34N2O5S/c1-6-43-31-19-25(14-16-29(31)44-21-26-11-9-10-22(2)18-26)20-32-36(41)39-35(33(24(4)40)23(3)38-37(39)45-32)34-28-13-8-7-12-27(28)15-17-30(34)42-5/h7-20,35H,6,21H2,1-5H3. The van der Waals surface area contributed by atoms with Gasteiger partial charge in [0.15, 0.2) is 22.1 Å². The van der Waals surface area contributed by atoms with E-state index in [-0.39, 0.29) is 11.3 Å². The molecule has 228 valence electrons. The zero-order valence-corrected chi connectivity index (χ0v) is 26.7. The Kier molecular flexibility index (Phi) is 8.41. The molecule has 1 unspecified atom stereocenters. The molecule has 1 aliphatic rings. The van der Waals surface area contributed by atoms with Crippen LogP contribution in [0, 0.1) is 6.92 Å². The first-order valence-electron chi connectivity index (χ1n) is 14.8. The van der Waals surface area contributed by atoms with E-state index in [1.54, 1.807) is 11.7 Å². The summed E-state index contributed by atoms with van der Waals surface area (Å²) in [6, 6.07) is 24.9. The number of allylic oxidation sites excluding steroid dienone is 2. The molecule has 6 rings (SSSR count). The lowest BCUT2D eigenvalue weighted by atomic mass is 9.89. The molecule has 2 heterocycles. The number of aromatic nitrogens is 1. The minimum absolute atomic E-state index is 0.145. The predicted molar refractivity (Wildman–Crippen MR) is 178 cm³/mol. The minimum atomic E-state index is -0.696. The van der Waals surface area contributed by atoms with Gasteiger partial charge in [-0.1, -0.05) is 77.6 Å². The normalized spacial score (nSPS) is 14.7. The molecule has 1 aromatic heterocycles. The fourth-order valence-electron chi connectivity index (χ4n) is 5.90. The molecular formula is C37H34N2O5S. The Morgan fingerprint density at radius 1 is 0.956 bits per heavy atom. The van der Waals surface area contributed by atoms with Crippen LogP contribution in [0.5, 0.6) is 17.2 Å². The molecule has 0 spiro atoms. The third-order valence-electron chi connectivity index (χ3n) is 7.87. The van der Waals surface area contributed by atoms with Gasteiger partial charge in [0.05, 0.1) is 24.3 Å². The number of ketones is 1. The number of nitrogens with zero attached hydrogens (tertiary/aromatic N) is 2. The Bertz CT molecular complexity index is 2160. The number of fused-ring (bicyclic) bond motifs is 2. The van der Waals surface area contributed by atoms with Gasteiger partial charge in [-0.25, -0.2) is 4.99 Å². The molecule has 0 fully saturated rings. The number of Topliss-reactive ketones (excluding diaryl/α,β-unsaturated/α-hetero) is 1. The number of aryl methyl sites for hydroxylation is 1. The summed E-state index contributed by atoms with van der Waals surface area (Å²) in [5.41, 5.74) is 4.61. The van der Waals surface area contributed by atoms with Crippen LogP contribution in [0.3, 0.4) is 0 Å². The Labute approximate surface area is 265 Å². The van der Waals surface area contributed by atoms with Crippen LogP contribution in [0.2, 0.25) is 0 Å². The first-order chi connectivity index (χ1) is 21.8. The minimum Gasteiger partial charge on any atom is -0.496 e. The van der Waals surface area contributed by atoms with E-state index in [1.165, 1.54) is 23.8 Å². The quantitative estimate of drug-likeness (QED) is 0.195. The number of thiazole rings is 1. The maximum atomic E-state index is 14.2. The number of methoxy groups -OCH3 is 1. The maximum Gasteiger partial charge on any atom is 0.271 e. The first-order valence-corrected chi connectivity index (χ1v) is 15.6. The van der Waals surface area contributed by atoms with Crippen LogP contribution >= 0.6 is 11.3 Å². The third kappa shape index (κ3) is 5.81. The highest BCUT2D eigenvalue weighted by atomic mass is 32.1. The van der Waals surface area contributed by atoms with E-state index in [0.29, 0.717) is 51.1 Å². The topological polar surface area (TPSA) is 79.1 Å². The Hall–Kier alpha value is -4.95. The summed E-state index contributed by atoms with van der Waals surface area (Å²) in [4.78, 5) is 32.6. The number of ether oxygens (including phenoxy) is 3. The largest absolute Gasteiger partial charge is 0.496 e. The van der Waals surface area contributed by atoms with E-state index in [0.717, 1.165) is 27.5 Å². The van der Waals surface area contributed by atoms with Crippen molar-refractivity contribution in [3.05, 3.63) is 132 Å². The van der Waals surface area contributed by atoms with Crippen molar-refractivity contribution in [3.63, 3.8) is 0 Å². The van der Waals surface area contributed by atoms with Gasteiger partial charge in [0, 0.05) is 16.8 Å². The summed E-state index contributed by atoms with van der Waals surface area (Å²) in [5, 5.41) is 1.90. The number of rotatable bonds is 9. The molecule has 0 amide bonds. The SMILES string of the molecule is CCOc1cc(C=c2sc3n(c2=O)C(c2c(OC)ccc4ccccc24)C(C(C)=O)=C(C)N=3)ccc1OCc1cccc(C)c1. The second kappa shape index (κ2) is 12.6. The van der Waals surface area contributed by atoms with Crippen molar-refractivity contribution in [2.24, 2.45) is 4.99 Å². The molecule has 5 aromatic rings. The van der Waals surface area contributed by atoms with Crippen LogP contribution in [0.25, 0.3) is 16.8 Å². The van der Waals surface area contributed by atoms with Crippen molar-refractivity contribution in [2.75, 3.05) is 13.7 Å². The van der Waals surface area contributed by atoms with E-state index in [2.05, 4.69) is 19.1 Å². The van der Waals surface area contributed by atoms with Gasteiger partial charge in [-0.05, 0) is 73.9 Å². The van der Waals surface area contributed by atoms with Crippen LogP contribution in [-0.4, -0.2) is 24.1 Å². The van der Waals surface area contributed by atoms with Crippen molar-refractivity contribution in [2.45, 2.75) is 40.3 Å². The smallest absolute Gasteiger partial charge is 0.271 e. The molecule has 1 aliphatic heterocycles. The average Bonchev–Trinajstić information content (AvgIpc) is 3.33. The van der Waals surface area contributed by atoms with Crippen molar-refractivity contribution in [1.82, 2.24) is 4.57 Å². The van der Waals surface area contributed by atoms with Gasteiger partial charge in [-0.3, -0.25) is 14.2 Å². The van der Waals surface area contributed by atoms with E-state index in [9.17, 15) is 9.59 Å². The number of hydrogen-bond donors (Lipinski definition) is 0. The number of carbonyl (C=O) groups is 1. The average molecular weight is 619 g/mol. The molecule has 0 saturated heterocycles. The molecule has 4 aromatic carbocycles. The number of benzene rings is 4. The monoisotopic (exact) mass is 618 g/mol. The van der Waals surface area contributed by atoms with Crippen molar-refractivity contribution in [3.8, 4) is 17.2 Å². The molecule has 0 saturated carbocycles. The van der Waals surface area contributed by atoms with Gasteiger partial charge in [0.2, 0.25) is 0 Å². The van der Waals surface area contributed by atoms with Crippen LogP contribution in [0.1, 0.15) is 49.1 Å². The zero-order valence-electron chi connectivity index (χ0n) is 25.9. The summed E-state index contributed by atoms with van der Waals surface area (Å²) in [5.74, 6) is 1.68. The molecule has 0 bridgehead atoms. The summed E-state index contributed by atoms with van der Waals surface area (Å²) in [6.45, 7) is 8.19. The maximum absolute atomic E-state index is 14.2. The van der Waals surface area contributed by atoms with Gasteiger partial charge < -0.3 is 14.2 Å². The van der Waals surface area contributed by atoms with Crippen molar-refractivity contribution < 1.29 is 19.0 Å². The van der Waals surface area contributed by atoms with Gasteiger partial charge in [-0.2, -0.15) is 0 Å². The second-order valence-electron chi connectivity index (χ2n) is 11.0. The molecule has 0 N–H and O–H groups in total. The molecule has 1 atom stereocenters. The lowest BCUT2D eigenvalue weighted by Crippen LogP contribution is -2.39. The third-order valence-corrected chi connectivity index (χ3v) is 8.85. The number of carbonyl (C=O) groups excluding carboxylic acids is 1. The Morgan fingerprint density at radius 2 is 1.76 bits per heavy atom. The molecule has 45 heavy (non-hydrogen) atoms. The molecule has 7 nitrogen and oxygen atoms in total. The van der Waals surface area contributed by atoms with Gasteiger partial charge in [0.1, 0.15) is 12.4 Å². The summed E-state index contributed by atoms with van der Waals surface area (Å²) in [7, 11) is 1.60. The molecule has 8 heteroatoms. The van der Waals surface area contributed by atoms with Gasteiger partial charge >= 0.3 is 0 Å². The molecule has 0 radical (unpaired) electrons. The lowest BCUT2D eigenvalue weighted by Gasteiger charge is -2.27. The van der Waals surface area contributed by atoms with Gasteiger partial charge in [0.25, 0.3) is 5.56 Å². The van der Waals surface area contributed by atoms with E-state index in [4.69, 9.17) is 19.2 Å². The van der Waals surface area contributed by atoms with E-state index >= 15 is 0 Å². The zero-order chi connectivity index (χ0) is 31.7. The van der Waals surface area contributed by atoms with Crippen molar-refractivity contribution >= 4 is 34.0 Å². The Morgan fingerprint density at radius 3 is 2.51 bits per heavy atom. The number of hydrogen-bond acceptors (Lipinski definition) is 7. The highest BCUT2D eigenvalue weighted by Crippen LogP contribution is 2.40. The van der Waals surface area contributed by atoms with Crippen LogP contribution in [0.4, 0.5) is 0 Å². The van der Waals surface area contributed by atoms with Crippen LogP contribution in [0.15, 0.2) is 99.9 Å².